The number of aliphatic hydroxyl groups is 1. The van der Waals surface area contributed by atoms with Gasteiger partial charge in [0.05, 0.1) is 12.0 Å². The van der Waals surface area contributed by atoms with E-state index in [1.54, 1.807) is 0 Å². The number of hydrogen-bond acceptors (Lipinski definition) is 3. The summed E-state index contributed by atoms with van der Waals surface area (Å²) in [5, 5.41) is 9.06. The molecule has 152 valence electrons. The van der Waals surface area contributed by atoms with Crippen molar-refractivity contribution in [2.75, 3.05) is 13.2 Å². The van der Waals surface area contributed by atoms with Crippen molar-refractivity contribution in [1.29, 1.82) is 0 Å². The molecule has 4 aromatic carbocycles. The van der Waals surface area contributed by atoms with Gasteiger partial charge in [-0.2, -0.15) is 0 Å². The van der Waals surface area contributed by atoms with E-state index in [4.69, 9.17) is 9.84 Å². The molecular formula is C28H22O3. The highest BCUT2D eigenvalue weighted by Gasteiger charge is 2.45. The third-order valence-electron chi connectivity index (χ3n) is 6.08. The molecule has 0 heterocycles. The molecule has 0 aromatic heterocycles. The maximum atomic E-state index is 11.3. The van der Waals surface area contributed by atoms with Crippen molar-refractivity contribution in [3.8, 4) is 16.9 Å². The van der Waals surface area contributed by atoms with Gasteiger partial charge in [-0.05, 0) is 45.5 Å². The van der Waals surface area contributed by atoms with Crippen LogP contribution in [0.1, 0.15) is 32.6 Å². The maximum Gasteiger partial charge on any atom is 0.150 e. The number of rotatable bonds is 6. The molecule has 0 atom stereocenters. The molecule has 3 heteroatoms. The van der Waals surface area contributed by atoms with Crippen molar-refractivity contribution in [3.05, 3.63) is 125 Å². The Labute approximate surface area is 181 Å². The molecule has 0 unspecified atom stereocenters. The predicted octanol–water partition coefficient (Wildman–Crippen LogP) is 5.23. The summed E-state index contributed by atoms with van der Waals surface area (Å²) in [6.45, 7) is 0.249. The van der Waals surface area contributed by atoms with Crippen LogP contribution in [-0.2, 0) is 5.41 Å². The van der Waals surface area contributed by atoms with Gasteiger partial charge in [-0.1, -0.05) is 84.9 Å². The van der Waals surface area contributed by atoms with Crippen LogP contribution in [0.3, 0.4) is 0 Å². The minimum Gasteiger partial charge on any atom is -0.491 e. The Morgan fingerprint density at radius 3 is 1.74 bits per heavy atom. The predicted molar refractivity (Wildman–Crippen MR) is 122 cm³/mol. The lowest BCUT2D eigenvalue weighted by Gasteiger charge is -2.34. The second kappa shape index (κ2) is 7.86. The Hall–Kier alpha value is -3.69. The van der Waals surface area contributed by atoms with Crippen molar-refractivity contribution in [2.45, 2.75) is 5.41 Å². The van der Waals surface area contributed by atoms with Crippen LogP contribution in [0, 0.1) is 0 Å². The molecule has 1 aliphatic rings. The summed E-state index contributed by atoms with van der Waals surface area (Å²) in [7, 11) is 0. The third kappa shape index (κ3) is 2.97. The molecule has 3 nitrogen and oxygen atoms in total. The van der Waals surface area contributed by atoms with Gasteiger partial charge < -0.3 is 9.84 Å². The third-order valence-corrected chi connectivity index (χ3v) is 6.08. The molecule has 0 amide bonds. The summed E-state index contributed by atoms with van der Waals surface area (Å²) in [6.07, 6.45) is 0.875. The first kappa shape index (κ1) is 19.3. The Balaban J connectivity index is 1.79. The standard InChI is InChI=1S/C28H22O3/c29-17-18-31-23-15-13-22(14-16-23)28(21-11-9-20(19-30)10-12-21)26-7-3-1-5-24(26)25-6-2-4-8-27(25)28/h1-16,19,29H,17-18H2. The highest BCUT2D eigenvalue weighted by Crippen LogP contribution is 2.55. The van der Waals surface area contributed by atoms with Gasteiger partial charge in [-0.25, -0.2) is 0 Å². The lowest BCUT2D eigenvalue weighted by Crippen LogP contribution is -2.28. The first-order chi connectivity index (χ1) is 15.3. The normalized spacial score (nSPS) is 13.3. The number of aldehydes is 1. The molecule has 0 aliphatic heterocycles. The van der Waals surface area contributed by atoms with Crippen LogP contribution in [0.2, 0.25) is 0 Å². The summed E-state index contributed by atoms with van der Waals surface area (Å²) >= 11 is 0. The molecule has 0 radical (unpaired) electrons. The first-order valence-corrected chi connectivity index (χ1v) is 10.4. The molecule has 0 fully saturated rings. The molecule has 5 rings (SSSR count). The van der Waals surface area contributed by atoms with E-state index in [0.717, 1.165) is 23.2 Å². The number of benzene rings is 4. The minimum atomic E-state index is -0.496. The van der Waals surface area contributed by atoms with E-state index in [2.05, 4.69) is 72.8 Å². The molecule has 0 saturated heterocycles. The summed E-state index contributed by atoms with van der Waals surface area (Å²) in [5.41, 5.74) is 7.28. The lowest BCUT2D eigenvalue weighted by atomic mass is 9.67. The van der Waals surface area contributed by atoms with Gasteiger partial charge in [0.1, 0.15) is 18.6 Å². The maximum absolute atomic E-state index is 11.3. The van der Waals surface area contributed by atoms with Crippen LogP contribution in [0.5, 0.6) is 5.75 Å². The van der Waals surface area contributed by atoms with Crippen molar-refractivity contribution in [2.24, 2.45) is 0 Å². The monoisotopic (exact) mass is 406 g/mol. The number of carbonyl (C=O) groups is 1. The van der Waals surface area contributed by atoms with Crippen LogP contribution >= 0.6 is 0 Å². The summed E-state index contributed by atoms with van der Waals surface area (Å²) in [6, 6.07) is 33.0. The number of hydrogen-bond donors (Lipinski definition) is 1. The molecule has 1 N–H and O–H groups in total. The van der Waals surface area contributed by atoms with Gasteiger partial charge in [0.15, 0.2) is 0 Å². The van der Waals surface area contributed by atoms with E-state index in [1.807, 2.05) is 24.3 Å². The molecule has 0 saturated carbocycles. The number of aliphatic hydroxyl groups excluding tert-OH is 1. The Morgan fingerprint density at radius 2 is 1.23 bits per heavy atom. The van der Waals surface area contributed by atoms with E-state index in [0.29, 0.717) is 5.56 Å². The average molecular weight is 406 g/mol. The quantitative estimate of drug-likeness (QED) is 0.393. The zero-order chi connectivity index (χ0) is 21.3. The van der Waals surface area contributed by atoms with Gasteiger partial charge >= 0.3 is 0 Å². The average Bonchev–Trinajstić information content (AvgIpc) is 3.14. The highest BCUT2D eigenvalue weighted by molar-refractivity contribution is 5.86. The number of fused-ring (bicyclic) bond motifs is 3. The lowest BCUT2D eigenvalue weighted by molar-refractivity contribution is 0.112. The molecule has 0 spiro atoms. The largest absolute Gasteiger partial charge is 0.491 e. The van der Waals surface area contributed by atoms with Gasteiger partial charge in [-0.3, -0.25) is 4.79 Å². The molecular weight excluding hydrogens is 384 g/mol. The zero-order valence-corrected chi connectivity index (χ0v) is 17.0. The summed E-state index contributed by atoms with van der Waals surface area (Å²) in [4.78, 5) is 11.3. The van der Waals surface area contributed by atoms with Crippen LogP contribution < -0.4 is 4.74 Å². The van der Waals surface area contributed by atoms with Gasteiger partial charge in [-0.15, -0.1) is 0 Å². The van der Waals surface area contributed by atoms with Crippen LogP contribution in [0.4, 0.5) is 0 Å². The Kier molecular flexibility index (Phi) is 4.89. The van der Waals surface area contributed by atoms with Crippen molar-refractivity contribution in [1.82, 2.24) is 0 Å². The van der Waals surface area contributed by atoms with E-state index < -0.39 is 5.41 Å². The number of carbonyl (C=O) groups excluding carboxylic acids is 1. The minimum absolute atomic E-state index is 0.0183. The second-order valence-corrected chi connectivity index (χ2v) is 7.68. The smallest absolute Gasteiger partial charge is 0.150 e. The van der Waals surface area contributed by atoms with Gasteiger partial charge in [0, 0.05) is 5.56 Å². The highest BCUT2D eigenvalue weighted by atomic mass is 16.5. The van der Waals surface area contributed by atoms with Crippen molar-refractivity contribution < 1.29 is 14.6 Å². The number of ether oxygens (including phenoxy) is 1. The van der Waals surface area contributed by atoms with Crippen molar-refractivity contribution >= 4 is 6.29 Å². The van der Waals surface area contributed by atoms with E-state index in [9.17, 15) is 4.79 Å². The van der Waals surface area contributed by atoms with Crippen LogP contribution in [0.15, 0.2) is 97.1 Å². The molecule has 4 aromatic rings. The van der Waals surface area contributed by atoms with E-state index in [-0.39, 0.29) is 13.2 Å². The second-order valence-electron chi connectivity index (χ2n) is 7.68. The zero-order valence-electron chi connectivity index (χ0n) is 17.0. The van der Waals surface area contributed by atoms with Crippen molar-refractivity contribution in [3.63, 3.8) is 0 Å². The fourth-order valence-corrected chi connectivity index (χ4v) is 4.80. The first-order valence-electron chi connectivity index (χ1n) is 10.4. The van der Waals surface area contributed by atoms with Gasteiger partial charge in [0.25, 0.3) is 0 Å². The fraction of sp³-hybridized carbons (Fsp3) is 0.107. The summed E-state index contributed by atoms with van der Waals surface area (Å²) < 4.78 is 5.59. The SMILES string of the molecule is O=Cc1ccc(C2(c3ccc(OCCO)cc3)c3ccccc3-c3ccccc32)cc1. The molecule has 1 aliphatic carbocycles. The molecule has 0 bridgehead atoms. The Bertz CT molecular complexity index is 1180. The van der Waals surface area contributed by atoms with Crippen LogP contribution in [-0.4, -0.2) is 24.6 Å². The van der Waals surface area contributed by atoms with E-state index in [1.165, 1.54) is 22.3 Å². The van der Waals surface area contributed by atoms with Gasteiger partial charge in [0.2, 0.25) is 0 Å². The Morgan fingerprint density at radius 1 is 0.710 bits per heavy atom. The molecule has 31 heavy (non-hydrogen) atoms. The summed E-state index contributed by atoms with van der Waals surface area (Å²) in [5.74, 6) is 0.726. The topological polar surface area (TPSA) is 46.5 Å². The van der Waals surface area contributed by atoms with Crippen LogP contribution in [0.25, 0.3) is 11.1 Å². The fourth-order valence-electron chi connectivity index (χ4n) is 4.80. The van der Waals surface area contributed by atoms with E-state index >= 15 is 0 Å².